The van der Waals surface area contributed by atoms with Gasteiger partial charge in [-0.2, -0.15) is 0 Å². The van der Waals surface area contributed by atoms with E-state index in [1.54, 1.807) is 55.6 Å². The summed E-state index contributed by atoms with van der Waals surface area (Å²) in [6.45, 7) is 3.54. The molecule has 0 aliphatic carbocycles. The Hall–Kier alpha value is -2.86. The summed E-state index contributed by atoms with van der Waals surface area (Å²) in [7, 11) is 1.60. The molecule has 0 radical (unpaired) electrons. The first-order chi connectivity index (χ1) is 13.5. The van der Waals surface area contributed by atoms with Crippen LogP contribution < -0.4 is 15.4 Å². The molecule has 3 rings (SSSR count). The number of carbonyl (C=O) groups excluding carboxylic acids is 2. The maximum absolute atomic E-state index is 12.4. The highest BCUT2D eigenvalue weighted by atomic mass is 16.5. The van der Waals surface area contributed by atoms with E-state index in [4.69, 9.17) is 4.74 Å². The van der Waals surface area contributed by atoms with Gasteiger partial charge in [0.1, 0.15) is 5.75 Å². The number of piperidine rings is 1. The fraction of sp³-hybridized carbons (Fsp3) is 0.364. The second-order valence-corrected chi connectivity index (χ2v) is 7.12. The van der Waals surface area contributed by atoms with Crippen LogP contribution in [0.4, 0.5) is 11.4 Å². The van der Waals surface area contributed by atoms with Crippen LogP contribution in [0.1, 0.15) is 36.5 Å². The molecule has 1 saturated heterocycles. The zero-order valence-corrected chi connectivity index (χ0v) is 16.4. The van der Waals surface area contributed by atoms with Crippen LogP contribution in [0.25, 0.3) is 0 Å². The van der Waals surface area contributed by atoms with E-state index in [0.717, 1.165) is 25.1 Å². The molecule has 148 valence electrons. The van der Waals surface area contributed by atoms with Gasteiger partial charge in [-0.15, -0.1) is 0 Å². The highest BCUT2D eigenvalue weighted by molar-refractivity contribution is 6.04. The van der Waals surface area contributed by atoms with Gasteiger partial charge >= 0.3 is 0 Å². The largest absolute Gasteiger partial charge is 0.497 e. The normalized spacial score (nSPS) is 17.0. The lowest BCUT2D eigenvalue weighted by Crippen LogP contribution is -2.42. The fourth-order valence-electron chi connectivity index (χ4n) is 3.36. The van der Waals surface area contributed by atoms with Gasteiger partial charge in [0.25, 0.3) is 5.91 Å². The Balaban J connectivity index is 1.53. The maximum Gasteiger partial charge on any atom is 0.255 e. The van der Waals surface area contributed by atoms with Crippen molar-refractivity contribution in [3.63, 3.8) is 0 Å². The molecular formula is C22H27N3O3. The lowest BCUT2D eigenvalue weighted by atomic mass is 10.0. The van der Waals surface area contributed by atoms with Crippen LogP contribution in [0.15, 0.2) is 48.5 Å². The predicted octanol–water partition coefficient (Wildman–Crippen LogP) is 3.76. The zero-order valence-electron chi connectivity index (χ0n) is 16.4. The predicted molar refractivity (Wildman–Crippen MR) is 111 cm³/mol. The molecule has 2 N–H and O–H groups in total. The van der Waals surface area contributed by atoms with Crippen molar-refractivity contribution in [3.8, 4) is 5.75 Å². The van der Waals surface area contributed by atoms with Crippen molar-refractivity contribution in [1.29, 1.82) is 0 Å². The maximum atomic E-state index is 12.4. The molecule has 0 saturated carbocycles. The van der Waals surface area contributed by atoms with E-state index in [1.807, 2.05) is 0 Å². The molecule has 1 aliphatic heterocycles. The summed E-state index contributed by atoms with van der Waals surface area (Å²) in [6, 6.07) is 14.5. The van der Waals surface area contributed by atoms with Crippen LogP contribution in [0.2, 0.25) is 0 Å². The van der Waals surface area contributed by atoms with Gasteiger partial charge in [-0.3, -0.25) is 14.5 Å². The molecule has 0 spiro atoms. The lowest BCUT2D eigenvalue weighted by Gasteiger charge is -2.32. The van der Waals surface area contributed by atoms with Gasteiger partial charge in [-0.1, -0.05) is 6.42 Å². The monoisotopic (exact) mass is 381 g/mol. The van der Waals surface area contributed by atoms with E-state index in [9.17, 15) is 9.59 Å². The molecule has 6 heteroatoms. The number of amides is 2. The summed E-state index contributed by atoms with van der Waals surface area (Å²) in [5.41, 5.74) is 1.91. The van der Waals surface area contributed by atoms with E-state index in [1.165, 1.54) is 6.42 Å². The Morgan fingerprint density at radius 1 is 1.00 bits per heavy atom. The Bertz CT molecular complexity index is 803. The van der Waals surface area contributed by atoms with Crippen molar-refractivity contribution < 1.29 is 14.3 Å². The SMILES string of the molecule is COc1ccc(NC(=O)c2ccc(NC(=O)CN3CCCC[C@H]3C)cc2)cc1. The summed E-state index contributed by atoms with van der Waals surface area (Å²) in [6.07, 6.45) is 3.53. The number of nitrogens with zero attached hydrogens (tertiary/aromatic N) is 1. The number of ether oxygens (including phenoxy) is 1. The van der Waals surface area contributed by atoms with Gasteiger partial charge in [0.2, 0.25) is 5.91 Å². The third kappa shape index (κ3) is 5.33. The minimum absolute atomic E-state index is 0.0239. The molecule has 0 unspecified atom stereocenters. The number of anilines is 2. The van der Waals surface area contributed by atoms with Gasteiger partial charge in [-0.05, 0) is 74.8 Å². The van der Waals surface area contributed by atoms with Crippen molar-refractivity contribution in [2.45, 2.75) is 32.2 Å². The third-order valence-electron chi connectivity index (χ3n) is 5.07. The number of hydrogen-bond acceptors (Lipinski definition) is 4. The first-order valence-electron chi connectivity index (χ1n) is 9.64. The third-order valence-corrected chi connectivity index (χ3v) is 5.07. The zero-order chi connectivity index (χ0) is 19.9. The second-order valence-electron chi connectivity index (χ2n) is 7.12. The van der Waals surface area contributed by atoms with Gasteiger partial charge < -0.3 is 15.4 Å². The minimum atomic E-state index is -0.204. The van der Waals surface area contributed by atoms with Crippen LogP contribution in [0.5, 0.6) is 5.75 Å². The van der Waals surface area contributed by atoms with Crippen LogP contribution in [-0.2, 0) is 4.79 Å². The topological polar surface area (TPSA) is 70.7 Å². The van der Waals surface area contributed by atoms with Gasteiger partial charge in [0, 0.05) is 23.0 Å². The number of carbonyl (C=O) groups is 2. The molecule has 1 aliphatic rings. The highest BCUT2D eigenvalue weighted by Crippen LogP contribution is 2.18. The standard InChI is InChI=1S/C22H27N3O3/c1-16-5-3-4-14-25(16)15-21(26)23-18-8-6-17(7-9-18)22(27)24-19-10-12-20(28-2)13-11-19/h6-13,16H,3-5,14-15H2,1-2H3,(H,23,26)(H,24,27)/t16-/m1/s1. The number of hydrogen-bond donors (Lipinski definition) is 2. The number of benzene rings is 2. The molecular weight excluding hydrogens is 354 g/mol. The first kappa shape index (κ1) is 19.9. The van der Waals surface area contributed by atoms with Crippen molar-refractivity contribution in [2.75, 3.05) is 30.8 Å². The fourth-order valence-corrected chi connectivity index (χ4v) is 3.36. The van der Waals surface area contributed by atoms with Crippen molar-refractivity contribution in [1.82, 2.24) is 4.90 Å². The van der Waals surface area contributed by atoms with E-state index in [0.29, 0.717) is 29.5 Å². The van der Waals surface area contributed by atoms with Crippen LogP contribution >= 0.6 is 0 Å². The minimum Gasteiger partial charge on any atom is -0.497 e. The molecule has 1 fully saturated rings. The summed E-state index contributed by atoms with van der Waals surface area (Å²) < 4.78 is 5.11. The van der Waals surface area contributed by atoms with Crippen LogP contribution in [0.3, 0.4) is 0 Å². The van der Waals surface area contributed by atoms with E-state index < -0.39 is 0 Å². The first-order valence-corrected chi connectivity index (χ1v) is 9.64. The Labute approximate surface area is 165 Å². The van der Waals surface area contributed by atoms with E-state index in [-0.39, 0.29) is 11.8 Å². The smallest absolute Gasteiger partial charge is 0.255 e. The highest BCUT2D eigenvalue weighted by Gasteiger charge is 2.20. The van der Waals surface area contributed by atoms with Crippen molar-refractivity contribution in [2.24, 2.45) is 0 Å². The van der Waals surface area contributed by atoms with Gasteiger partial charge in [0.05, 0.1) is 13.7 Å². The lowest BCUT2D eigenvalue weighted by molar-refractivity contribution is -0.118. The molecule has 0 aromatic heterocycles. The van der Waals surface area contributed by atoms with E-state index >= 15 is 0 Å². The summed E-state index contributed by atoms with van der Waals surface area (Å²) in [5.74, 6) is 0.506. The van der Waals surface area contributed by atoms with Crippen molar-refractivity contribution in [3.05, 3.63) is 54.1 Å². The summed E-state index contributed by atoms with van der Waals surface area (Å²) in [4.78, 5) is 26.9. The molecule has 6 nitrogen and oxygen atoms in total. The number of methoxy groups -OCH3 is 1. The molecule has 0 bridgehead atoms. The average Bonchev–Trinajstić information content (AvgIpc) is 2.71. The van der Waals surface area contributed by atoms with E-state index in [2.05, 4.69) is 22.5 Å². The Morgan fingerprint density at radius 3 is 2.29 bits per heavy atom. The average molecular weight is 381 g/mol. The summed E-state index contributed by atoms with van der Waals surface area (Å²) in [5, 5.41) is 5.75. The summed E-state index contributed by atoms with van der Waals surface area (Å²) >= 11 is 0. The Kier molecular flexibility index (Phi) is 6.66. The number of nitrogens with one attached hydrogen (secondary N) is 2. The quantitative estimate of drug-likeness (QED) is 0.799. The molecule has 28 heavy (non-hydrogen) atoms. The van der Waals surface area contributed by atoms with Gasteiger partial charge in [-0.25, -0.2) is 0 Å². The molecule has 1 atom stereocenters. The van der Waals surface area contributed by atoms with Crippen LogP contribution in [-0.4, -0.2) is 43.0 Å². The van der Waals surface area contributed by atoms with Gasteiger partial charge in [0.15, 0.2) is 0 Å². The number of likely N-dealkylation sites (tertiary alicyclic amines) is 1. The Morgan fingerprint density at radius 2 is 1.64 bits per heavy atom. The molecule has 2 aromatic rings. The van der Waals surface area contributed by atoms with Crippen molar-refractivity contribution >= 4 is 23.2 Å². The van der Waals surface area contributed by atoms with Crippen LogP contribution in [0, 0.1) is 0 Å². The molecule has 2 amide bonds. The number of rotatable bonds is 6. The second kappa shape index (κ2) is 9.37. The molecule has 2 aromatic carbocycles. The molecule has 1 heterocycles.